The molecule has 0 unspecified atom stereocenters. The third kappa shape index (κ3) is 6.58. The van der Waals surface area contributed by atoms with Crippen molar-refractivity contribution in [2.24, 2.45) is 4.99 Å². The van der Waals surface area contributed by atoms with Gasteiger partial charge in [-0.3, -0.25) is 9.89 Å². The van der Waals surface area contributed by atoms with Gasteiger partial charge in [0.25, 0.3) is 0 Å². The third-order valence-corrected chi connectivity index (χ3v) is 5.97. The van der Waals surface area contributed by atoms with Crippen molar-refractivity contribution in [3.63, 3.8) is 0 Å². The molecule has 0 bridgehead atoms. The highest BCUT2D eigenvalue weighted by Gasteiger charge is 2.10. The molecule has 2 N–H and O–H groups in total. The van der Waals surface area contributed by atoms with E-state index in [0.717, 1.165) is 64.7 Å². The maximum Gasteiger partial charge on any atom is 0.191 e. The molecular weight excluding hydrogens is 370 g/mol. The molecule has 0 aliphatic carbocycles. The van der Waals surface area contributed by atoms with Crippen LogP contribution in [-0.4, -0.2) is 55.7 Å². The van der Waals surface area contributed by atoms with E-state index in [1.807, 2.05) is 13.2 Å². The van der Waals surface area contributed by atoms with Gasteiger partial charge < -0.3 is 15.4 Å². The highest BCUT2D eigenvalue weighted by molar-refractivity contribution is 7.11. The van der Waals surface area contributed by atoms with Crippen LogP contribution in [0.5, 0.6) is 0 Å². The number of morpholine rings is 1. The second-order valence-corrected chi connectivity index (χ2v) is 8.08. The Morgan fingerprint density at radius 3 is 2.82 bits per heavy atom. The molecule has 2 heterocycles. The van der Waals surface area contributed by atoms with Crippen LogP contribution in [0, 0.1) is 0 Å². The van der Waals surface area contributed by atoms with Gasteiger partial charge >= 0.3 is 0 Å². The van der Waals surface area contributed by atoms with E-state index in [9.17, 15) is 0 Å². The fourth-order valence-electron chi connectivity index (χ4n) is 3.18. The van der Waals surface area contributed by atoms with Crippen LogP contribution >= 0.6 is 11.3 Å². The highest BCUT2D eigenvalue weighted by atomic mass is 32.1. The predicted octanol–water partition coefficient (Wildman–Crippen LogP) is 2.45. The van der Waals surface area contributed by atoms with Crippen molar-refractivity contribution in [3.05, 3.63) is 51.5 Å². The van der Waals surface area contributed by atoms with Crippen molar-refractivity contribution in [2.45, 2.75) is 32.9 Å². The van der Waals surface area contributed by atoms with Gasteiger partial charge in [0.2, 0.25) is 0 Å². The molecule has 0 atom stereocenters. The Balaban J connectivity index is 1.43. The van der Waals surface area contributed by atoms with Crippen LogP contribution in [0.2, 0.25) is 0 Å². The number of aliphatic imine (C=N–C) groups is 1. The third-order valence-electron chi connectivity index (χ3n) is 4.77. The summed E-state index contributed by atoms with van der Waals surface area (Å²) in [5, 5.41) is 7.96. The van der Waals surface area contributed by atoms with Gasteiger partial charge in [0, 0.05) is 57.3 Å². The quantitative estimate of drug-likeness (QED) is 0.526. The van der Waals surface area contributed by atoms with Crippen LogP contribution in [0.25, 0.3) is 0 Å². The number of aromatic nitrogens is 1. The van der Waals surface area contributed by atoms with Crippen molar-refractivity contribution < 1.29 is 4.74 Å². The molecular formula is C21H31N5OS. The SMILES string of the molecule is CCc1cnc(CCNC(=NC)NCc2cccc(CN3CCOCC3)c2)s1. The van der Waals surface area contributed by atoms with Crippen molar-refractivity contribution in [1.29, 1.82) is 0 Å². The number of ether oxygens (including phenoxy) is 1. The summed E-state index contributed by atoms with van der Waals surface area (Å²) in [4.78, 5) is 12.6. The number of benzene rings is 1. The van der Waals surface area contributed by atoms with E-state index in [0.29, 0.717) is 0 Å². The van der Waals surface area contributed by atoms with Crippen LogP contribution in [0.3, 0.4) is 0 Å². The van der Waals surface area contributed by atoms with Gasteiger partial charge in [-0.15, -0.1) is 11.3 Å². The first-order valence-corrected chi connectivity index (χ1v) is 10.8. The van der Waals surface area contributed by atoms with Crippen LogP contribution < -0.4 is 10.6 Å². The Kier molecular flexibility index (Phi) is 8.26. The molecule has 0 radical (unpaired) electrons. The van der Waals surface area contributed by atoms with E-state index >= 15 is 0 Å². The average molecular weight is 402 g/mol. The zero-order chi connectivity index (χ0) is 19.6. The fraction of sp³-hybridized carbons (Fsp3) is 0.524. The number of aryl methyl sites for hydroxylation is 1. The summed E-state index contributed by atoms with van der Waals surface area (Å²) in [6, 6.07) is 8.77. The second-order valence-electron chi connectivity index (χ2n) is 6.88. The normalized spacial score (nSPS) is 15.6. The minimum Gasteiger partial charge on any atom is -0.379 e. The van der Waals surface area contributed by atoms with Crippen molar-refractivity contribution in [3.8, 4) is 0 Å². The predicted molar refractivity (Wildman–Crippen MR) is 116 cm³/mol. The maximum absolute atomic E-state index is 5.43. The molecule has 0 spiro atoms. The molecule has 0 amide bonds. The first-order valence-electron chi connectivity index (χ1n) is 10.0. The van der Waals surface area contributed by atoms with E-state index in [2.05, 4.69) is 56.7 Å². The Bertz CT molecular complexity index is 755. The van der Waals surface area contributed by atoms with Crippen molar-refractivity contribution in [1.82, 2.24) is 20.5 Å². The minimum absolute atomic E-state index is 0.758. The lowest BCUT2D eigenvalue weighted by Gasteiger charge is -2.26. The Morgan fingerprint density at radius 2 is 2.07 bits per heavy atom. The van der Waals surface area contributed by atoms with E-state index < -0.39 is 0 Å². The fourth-order valence-corrected chi connectivity index (χ4v) is 4.04. The second kappa shape index (κ2) is 11.1. The molecule has 1 aromatic heterocycles. The van der Waals surface area contributed by atoms with Gasteiger partial charge in [-0.1, -0.05) is 31.2 Å². The van der Waals surface area contributed by atoms with Crippen LogP contribution in [0.4, 0.5) is 0 Å². The minimum atomic E-state index is 0.758. The maximum atomic E-state index is 5.43. The lowest BCUT2D eigenvalue weighted by Crippen LogP contribution is -2.38. The molecule has 6 nitrogen and oxygen atoms in total. The molecule has 3 rings (SSSR count). The zero-order valence-electron chi connectivity index (χ0n) is 16.9. The number of hydrogen-bond acceptors (Lipinski definition) is 5. The van der Waals surface area contributed by atoms with Crippen LogP contribution in [0.1, 0.15) is 27.9 Å². The summed E-state index contributed by atoms with van der Waals surface area (Å²) in [6.07, 6.45) is 3.95. The van der Waals surface area contributed by atoms with Crippen LogP contribution in [-0.2, 0) is 30.7 Å². The first kappa shape index (κ1) is 20.8. The lowest BCUT2D eigenvalue weighted by atomic mass is 10.1. The first-order chi connectivity index (χ1) is 13.8. The number of thiazole rings is 1. The van der Waals surface area contributed by atoms with Gasteiger partial charge in [-0.2, -0.15) is 0 Å². The van der Waals surface area contributed by atoms with Gasteiger partial charge in [0.05, 0.1) is 18.2 Å². The zero-order valence-corrected chi connectivity index (χ0v) is 17.7. The number of guanidine groups is 1. The molecule has 1 saturated heterocycles. The molecule has 1 fully saturated rings. The summed E-state index contributed by atoms with van der Waals surface area (Å²) in [5.41, 5.74) is 2.61. The summed E-state index contributed by atoms with van der Waals surface area (Å²) in [7, 11) is 1.81. The molecule has 7 heteroatoms. The molecule has 0 saturated carbocycles. The van der Waals surface area contributed by atoms with Gasteiger partial charge in [-0.05, 0) is 17.5 Å². The van der Waals surface area contributed by atoms with Crippen LogP contribution in [0.15, 0.2) is 35.5 Å². The number of rotatable bonds is 8. The number of hydrogen-bond donors (Lipinski definition) is 2. The molecule has 28 heavy (non-hydrogen) atoms. The number of nitrogens with one attached hydrogen (secondary N) is 2. The molecule has 2 aromatic rings. The largest absolute Gasteiger partial charge is 0.379 e. The monoisotopic (exact) mass is 401 g/mol. The Morgan fingerprint density at radius 1 is 1.25 bits per heavy atom. The average Bonchev–Trinajstić information content (AvgIpc) is 3.19. The number of nitrogens with zero attached hydrogens (tertiary/aromatic N) is 3. The van der Waals surface area contributed by atoms with E-state index in [-0.39, 0.29) is 0 Å². The highest BCUT2D eigenvalue weighted by Crippen LogP contribution is 2.13. The van der Waals surface area contributed by atoms with E-state index in [1.54, 1.807) is 11.3 Å². The van der Waals surface area contributed by atoms with E-state index in [1.165, 1.54) is 21.0 Å². The van der Waals surface area contributed by atoms with E-state index in [4.69, 9.17) is 4.74 Å². The van der Waals surface area contributed by atoms with Gasteiger partial charge in [0.1, 0.15) is 0 Å². The standard InChI is InChI=1S/C21H31N5OS/c1-3-19-15-24-20(28-19)7-8-23-21(22-2)25-14-17-5-4-6-18(13-17)16-26-9-11-27-12-10-26/h4-6,13,15H,3,7-12,14,16H2,1-2H3,(H2,22,23,25). The molecule has 1 aliphatic heterocycles. The van der Waals surface area contributed by atoms with Crippen molar-refractivity contribution in [2.75, 3.05) is 39.9 Å². The summed E-state index contributed by atoms with van der Waals surface area (Å²) >= 11 is 1.79. The smallest absolute Gasteiger partial charge is 0.191 e. The molecule has 152 valence electrons. The Labute approximate surface area is 172 Å². The summed E-state index contributed by atoms with van der Waals surface area (Å²) in [6.45, 7) is 8.43. The van der Waals surface area contributed by atoms with Gasteiger partial charge in [-0.25, -0.2) is 4.98 Å². The topological polar surface area (TPSA) is 61.8 Å². The molecule has 1 aliphatic rings. The lowest BCUT2D eigenvalue weighted by molar-refractivity contribution is 0.0342. The summed E-state index contributed by atoms with van der Waals surface area (Å²) < 4.78 is 5.43. The Hall–Kier alpha value is -1.96. The van der Waals surface area contributed by atoms with Crippen molar-refractivity contribution >= 4 is 17.3 Å². The van der Waals surface area contributed by atoms with Gasteiger partial charge in [0.15, 0.2) is 5.96 Å². The molecule has 1 aromatic carbocycles. The summed E-state index contributed by atoms with van der Waals surface area (Å²) in [5.74, 6) is 0.825.